The molecule has 1 amide bonds. The summed E-state index contributed by atoms with van der Waals surface area (Å²) >= 11 is 7.45. The Bertz CT molecular complexity index is 1040. The van der Waals surface area contributed by atoms with E-state index in [4.69, 9.17) is 11.6 Å². The van der Waals surface area contributed by atoms with Gasteiger partial charge < -0.3 is 9.88 Å². The lowest BCUT2D eigenvalue weighted by Gasteiger charge is -2.12. The lowest BCUT2D eigenvalue weighted by atomic mass is 10.2. The molecule has 1 heterocycles. The molecule has 0 saturated heterocycles. The number of hydrogen-bond donors (Lipinski definition) is 1. The van der Waals surface area contributed by atoms with E-state index in [9.17, 15) is 14.9 Å². The van der Waals surface area contributed by atoms with Crippen molar-refractivity contribution in [2.45, 2.75) is 17.3 Å². The van der Waals surface area contributed by atoms with Crippen LogP contribution in [-0.2, 0) is 11.8 Å². The zero-order chi connectivity index (χ0) is 20.3. The normalized spacial score (nSPS) is 11.8. The van der Waals surface area contributed by atoms with Crippen LogP contribution in [0.15, 0.2) is 53.7 Å². The maximum atomic E-state index is 12.5. The van der Waals surface area contributed by atoms with E-state index in [-0.39, 0.29) is 11.6 Å². The van der Waals surface area contributed by atoms with E-state index in [1.807, 2.05) is 18.2 Å². The van der Waals surface area contributed by atoms with Gasteiger partial charge in [0.2, 0.25) is 5.91 Å². The number of aromatic nitrogens is 3. The largest absolute Gasteiger partial charge is 0.325 e. The summed E-state index contributed by atoms with van der Waals surface area (Å²) in [5.41, 5.74) is 1.02. The number of nitro benzene ring substituents is 1. The Hall–Kier alpha value is -2.91. The van der Waals surface area contributed by atoms with Crippen LogP contribution >= 0.6 is 23.4 Å². The molecule has 8 nitrogen and oxygen atoms in total. The predicted octanol–water partition coefficient (Wildman–Crippen LogP) is 4.16. The summed E-state index contributed by atoms with van der Waals surface area (Å²) in [4.78, 5) is 22.8. The quantitative estimate of drug-likeness (QED) is 0.367. The monoisotopic (exact) mass is 417 g/mol. The fourth-order valence-electron chi connectivity index (χ4n) is 2.45. The van der Waals surface area contributed by atoms with Crippen molar-refractivity contribution >= 4 is 40.6 Å². The standard InChI is InChI=1S/C18H16ClN5O3S/c1-11(17(25)20-12-6-5-7-13(10-12)24(26)27)28-18-22-21-16(23(18)2)14-8-3-4-9-15(14)19/h3-11H,1-2H3,(H,20,25). The number of carbonyl (C=O) groups is 1. The van der Waals surface area contributed by atoms with E-state index in [0.717, 1.165) is 5.56 Å². The van der Waals surface area contributed by atoms with E-state index in [1.165, 1.54) is 30.0 Å². The van der Waals surface area contributed by atoms with E-state index in [0.29, 0.717) is 21.7 Å². The molecule has 3 aromatic rings. The number of benzene rings is 2. The minimum absolute atomic E-state index is 0.0872. The summed E-state index contributed by atoms with van der Waals surface area (Å²) in [6, 6.07) is 13.1. The maximum Gasteiger partial charge on any atom is 0.271 e. The van der Waals surface area contributed by atoms with Crippen LogP contribution in [-0.4, -0.2) is 30.8 Å². The molecule has 3 rings (SSSR count). The van der Waals surface area contributed by atoms with Crippen LogP contribution in [0.4, 0.5) is 11.4 Å². The molecule has 1 aromatic heterocycles. The molecule has 0 radical (unpaired) electrons. The minimum atomic E-state index is -0.510. The van der Waals surface area contributed by atoms with Crippen LogP contribution in [0.5, 0.6) is 0 Å². The number of hydrogen-bond acceptors (Lipinski definition) is 6. The molecule has 0 aliphatic heterocycles. The number of non-ortho nitro benzene ring substituents is 1. The molecular formula is C18H16ClN5O3S. The summed E-state index contributed by atoms with van der Waals surface area (Å²) in [5.74, 6) is 0.298. The average molecular weight is 418 g/mol. The van der Waals surface area contributed by atoms with E-state index in [2.05, 4.69) is 15.5 Å². The first kappa shape index (κ1) is 19.8. The first-order chi connectivity index (χ1) is 13.4. The molecule has 10 heteroatoms. The van der Waals surface area contributed by atoms with Crippen molar-refractivity contribution in [3.8, 4) is 11.4 Å². The van der Waals surface area contributed by atoms with E-state index >= 15 is 0 Å². The second-order valence-electron chi connectivity index (χ2n) is 5.90. The maximum absolute atomic E-state index is 12.5. The minimum Gasteiger partial charge on any atom is -0.325 e. The molecule has 0 aliphatic rings. The second-order valence-corrected chi connectivity index (χ2v) is 7.62. The lowest BCUT2D eigenvalue weighted by molar-refractivity contribution is -0.384. The molecule has 144 valence electrons. The number of rotatable bonds is 6. The molecule has 1 N–H and O–H groups in total. The third-order valence-corrected chi connectivity index (χ3v) is 5.39. The van der Waals surface area contributed by atoms with Crippen molar-refractivity contribution in [1.29, 1.82) is 0 Å². The van der Waals surface area contributed by atoms with Gasteiger partial charge in [-0.3, -0.25) is 14.9 Å². The highest BCUT2D eigenvalue weighted by Crippen LogP contribution is 2.30. The number of nitrogens with one attached hydrogen (secondary N) is 1. The van der Waals surface area contributed by atoms with Crippen LogP contribution in [0.2, 0.25) is 5.02 Å². The highest BCUT2D eigenvalue weighted by atomic mass is 35.5. The summed E-state index contributed by atoms with van der Waals surface area (Å²) < 4.78 is 1.77. The first-order valence-corrected chi connectivity index (χ1v) is 9.49. The van der Waals surface area contributed by atoms with Gasteiger partial charge in [-0.2, -0.15) is 0 Å². The van der Waals surface area contributed by atoms with Crippen LogP contribution in [0, 0.1) is 10.1 Å². The van der Waals surface area contributed by atoms with Crippen molar-refractivity contribution in [3.05, 3.63) is 63.7 Å². The molecule has 1 atom stereocenters. The molecular weight excluding hydrogens is 402 g/mol. The summed E-state index contributed by atoms with van der Waals surface area (Å²) in [5, 5.41) is 22.5. The van der Waals surface area contributed by atoms with Gasteiger partial charge in [0.15, 0.2) is 11.0 Å². The van der Waals surface area contributed by atoms with Crippen molar-refractivity contribution in [2.24, 2.45) is 7.05 Å². The number of halogens is 1. The van der Waals surface area contributed by atoms with Gasteiger partial charge in [-0.25, -0.2) is 0 Å². The Balaban J connectivity index is 1.72. The molecule has 28 heavy (non-hydrogen) atoms. The fraction of sp³-hybridized carbons (Fsp3) is 0.167. The number of anilines is 1. The number of nitro groups is 1. The van der Waals surface area contributed by atoms with Gasteiger partial charge in [0.05, 0.1) is 15.2 Å². The Morgan fingerprint density at radius 2 is 2.00 bits per heavy atom. The van der Waals surface area contributed by atoms with Crippen LogP contribution in [0.25, 0.3) is 11.4 Å². The zero-order valence-corrected chi connectivity index (χ0v) is 16.6. The number of amides is 1. The van der Waals surface area contributed by atoms with Crippen molar-refractivity contribution < 1.29 is 9.72 Å². The summed E-state index contributed by atoms with van der Waals surface area (Å²) in [6.07, 6.45) is 0. The Labute approximate surface area is 170 Å². The van der Waals surface area contributed by atoms with Crippen LogP contribution < -0.4 is 5.32 Å². The van der Waals surface area contributed by atoms with Crippen molar-refractivity contribution in [1.82, 2.24) is 14.8 Å². The number of nitrogens with zero attached hydrogens (tertiary/aromatic N) is 4. The third kappa shape index (κ3) is 4.32. The molecule has 0 spiro atoms. The summed E-state index contributed by atoms with van der Waals surface area (Å²) in [6.45, 7) is 1.72. The van der Waals surface area contributed by atoms with Crippen LogP contribution in [0.3, 0.4) is 0 Å². The van der Waals surface area contributed by atoms with Gasteiger partial charge in [-0.05, 0) is 25.1 Å². The van der Waals surface area contributed by atoms with E-state index in [1.54, 1.807) is 30.7 Å². The molecule has 0 aliphatic carbocycles. The van der Waals surface area contributed by atoms with E-state index < -0.39 is 10.2 Å². The van der Waals surface area contributed by atoms with Gasteiger partial charge in [0, 0.05) is 30.4 Å². The molecule has 0 bridgehead atoms. The highest BCUT2D eigenvalue weighted by Gasteiger charge is 2.20. The van der Waals surface area contributed by atoms with Gasteiger partial charge >= 0.3 is 0 Å². The van der Waals surface area contributed by atoms with Crippen LogP contribution in [0.1, 0.15) is 6.92 Å². The number of thioether (sulfide) groups is 1. The fourth-order valence-corrected chi connectivity index (χ4v) is 3.48. The average Bonchev–Trinajstić information content (AvgIpc) is 3.02. The molecule has 1 unspecified atom stereocenters. The first-order valence-electron chi connectivity index (χ1n) is 8.23. The third-order valence-electron chi connectivity index (χ3n) is 3.93. The Morgan fingerprint density at radius 1 is 1.25 bits per heavy atom. The smallest absolute Gasteiger partial charge is 0.271 e. The van der Waals surface area contributed by atoms with Gasteiger partial charge in [0.25, 0.3) is 5.69 Å². The molecule has 0 fully saturated rings. The van der Waals surface area contributed by atoms with Crippen molar-refractivity contribution in [2.75, 3.05) is 5.32 Å². The SMILES string of the molecule is CC(Sc1nnc(-c2ccccc2Cl)n1C)C(=O)Nc1cccc([N+](=O)[O-])c1. The molecule has 2 aromatic carbocycles. The summed E-state index contributed by atoms with van der Waals surface area (Å²) in [7, 11) is 1.80. The highest BCUT2D eigenvalue weighted by molar-refractivity contribution is 8.00. The predicted molar refractivity (Wildman–Crippen MR) is 108 cm³/mol. The topological polar surface area (TPSA) is 103 Å². The molecule has 0 saturated carbocycles. The lowest BCUT2D eigenvalue weighted by Crippen LogP contribution is -2.22. The Kier molecular flexibility index (Phi) is 5.96. The van der Waals surface area contributed by atoms with Crippen molar-refractivity contribution in [3.63, 3.8) is 0 Å². The zero-order valence-electron chi connectivity index (χ0n) is 15.0. The second kappa shape index (κ2) is 8.41. The van der Waals surface area contributed by atoms with Gasteiger partial charge in [-0.1, -0.05) is 41.6 Å². The number of carbonyl (C=O) groups excluding carboxylic acids is 1. The Morgan fingerprint density at radius 3 is 2.71 bits per heavy atom. The van der Waals surface area contributed by atoms with Gasteiger partial charge in [-0.15, -0.1) is 10.2 Å². The van der Waals surface area contributed by atoms with Gasteiger partial charge in [0.1, 0.15) is 0 Å².